The van der Waals surface area contributed by atoms with Crippen LogP contribution in [0.15, 0.2) is 0 Å². The maximum absolute atomic E-state index is 12.2. The highest BCUT2D eigenvalue weighted by Crippen LogP contribution is 2.33. The van der Waals surface area contributed by atoms with Crippen LogP contribution in [0.2, 0.25) is 0 Å². The fourth-order valence-corrected chi connectivity index (χ4v) is 4.10. The van der Waals surface area contributed by atoms with Crippen molar-refractivity contribution in [3.05, 3.63) is 10.6 Å². The van der Waals surface area contributed by atoms with Crippen LogP contribution in [0.1, 0.15) is 36.8 Å². The minimum absolute atomic E-state index is 0.144. The molecule has 2 aliphatic rings. The number of carbonyl (C=O) groups excluding carboxylic acids is 1. The van der Waals surface area contributed by atoms with Gasteiger partial charge in [-0.1, -0.05) is 11.3 Å². The van der Waals surface area contributed by atoms with Gasteiger partial charge in [0.15, 0.2) is 6.61 Å². The van der Waals surface area contributed by atoms with E-state index in [2.05, 4.69) is 15.2 Å². The summed E-state index contributed by atoms with van der Waals surface area (Å²) in [7, 11) is 2.01. The number of hydrogen-bond acceptors (Lipinski definition) is 6. The average Bonchev–Trinajstić information content (AvgIpc) is 2.94. The average molecular weight is 393 g/mol. The summed E-state index contributed by atoms with van der Waals surface area (Å²) in [5.41, 5.74) is 0.889. The largest absolute Gasteiger partial charge is 0.460 e. The van der Waals surface area contributed by atoms with Crippen LogP contribution in [0.3, 0.4) is 0 Å². The molecule has 1 aromatic rings. The maximum Gasteiger partial charge on any atom is 0.422 e. The van der Waals surface area contributed by atoms with Crippen molar-refractivity contribution in [3.8, 4) is 5.19 Å². The van der Waals surface area contributed by atoms with Gasteiger partial charge < -0.3 is 14.8 Å². The molecule has 0 saturated heterocycles. The summed E-state index contributed by atoms with van der Waals surface area (Å²) in [5.74, 6) is 0.801. The first-order chi connectivity index (χ1) is 12.3. The van der Waals surface area contributed by atoms with Gasteiger partial charge in [0.2, 0.25) is 0 Å². The second-order valence-corrected chi connectivity index (χ2v) is 7.67. The Morgan fingerprint density at radius 1 is 1.42 bits per heavy atom. The summed E-state index contributed by atoms with van der Waals surface area (Å²) < 4.78 is 41.3. The quantitative estimate of drug-likeness (QED) is 0.753. The number of carbonyl (C=O) groups is 1. The molecule has 0 atom stereocenters. The van der Waals surface area contributed by atoms with Crippen LogP contribution in [0.5, 0.6) is 5.19 Å². The first-order valence-corrected chi connectivity index (χ1v) is 9.63. The Labute approximate surface area is 155 Å². The molecule has 1 aliphatic heterocycles. The number of nitrogens with zero attached hydrogens (tertiary/aromatic N) is 2. The molecule has 5 nitrogen and oxygen atoms in total. The van der Waals surface area contributed by atoms with E-state index >= 15 is 0 Å². The highest BCUT2D eigenvalue weighted by atomic mass is 32.1. The normalized spacial score (nSPS) is 22.7. The van der Waals surface area contributed by atoms with Crippen LogP contribution in [0.25, 0.3) is 0 Å². The van der Waals surface area contributed by atoms with Gasteiger partial charge in [-0.3, -0.25) is 4.90 Å². The van der Waals surface area contributed by atoms with Gasteiger partial charge >= 0.3 is 6.18 Å². The third-order valence-electron chi connectivity index (χ3n) is 4.64. The van der Waals surface area contributed by atoms with E-state index in [0.717, 1.165) is 48.8 Å². The van der Waals surface area contributed by atoms with Crippen molar-refractivity contribution < 1.29 is 22.7 Å². The van der Waals surface area contributed by atoms with E-state index in [0.29, 0.717) is 6.04 Å². The molecular formula is C17H26F3N3O2S. The molecule has 1 aliphatic carbocycles. The van der Waals surface area contributed by atoms with Gasteiger partial charge in [-0.25, -0.2) is 4.98 Å². The summed E-state index contributed by atoms with van der Waals surface area (Å²) in [6, 6.07) is 0.680. The number of aldehydes is 1. The van der Waals surface area contributed by atoms with Crippen molar-refractivity contribution in [1.82, 2.24) is 15.2 Å². The Morgan fingerprint density at radius 2 is 2.12 bits per heavy atom. The highest BCUT2D eigenvalue weighted by Gasteiger charge is 2.31. The monoisotopic (exact) mass is 393 g/mol. The van der Waals surface area contributed by atoms with E-state index in [1.165, 1.54) is 37.5 Å². The predicted octanol–water partition coefficient (Wildman–Crippen LogP) is 3.04. The number of thiazole rings is 1. The molecule has 9 heteroatoms. The van der Waals surface area contributed by atoms with Gasteiger partial charge in [-0.2, -0.15) is 13.2 Å². The first kappa shape index (κ1) is 21.1. The van der Waals surface area contributed by atoms with Crippen molar-refractivity contribution >= 4 is 17.6 Å². The summed E-state index contributed by atoms with van der Waals surface area (Å²) >= 11 is 1.25. The van der Waals surface area contributed by atoms with Gasteiger partial charge in [0, 0.05) is 24.0 Å². The molecule has 0 aromatic carbocycles. The van der Waals surface area contributed by atoms with Gasteiger partial charge in [-0.15, -0.1) is 0 Å². The second-order valence-electron chi connectivity index (χ2n) is 6.63. The smallest absolute Gasteiger partial charge is 0.422 e. The van der Waals surface area contributed by atoms with E-state index in [9.17, 15) is 13.2 Å². The zero-order valence-corrected chi connectivity index (χ0v) is 16.0. The van der Waals surface area contributed by atoms with Crippen LogP contribution in [0, 0.1) is 5.92 Å². The van der Waals surface area contributed by atoms with Crippen LogP contribution in [-0.2, 0) is 17.8 Å². The Balaban J connectivity index is 0.000000758. The number of aromatic nitrogens is 1. The lowest BCUT2D eigenvalue weighted by atomic mass is 9.78. The number of hydrogen-bond donors (Lipinski definition) is 1. The van der Waals surface area contributed by atoms with E-state index in [-0.39, 0.29) is 5.19 Å². The molecule has 0 spiro atoms. The summed E-state index contributed by atoms with van der Waals surface area (Å²) in [6.45, 7) is 2.90. The summed E-state index contributed by atoms with van der Waals surface area (Å²) in [5, 5.41) is 3.43. The van der Waals surface area contributed by atoms with Gasteiger partial charge in [0.25, 0.3) is 5.19 Å². The van der Waals surface area contributed by atoms with Crippen molar-refractivity contribution in [1.29, 1.82) is 0 Å². The Kier molecular flexibility index (Phi) is 7.85. The van der Waals surface area contributed by atoms with Crippen molar-refractivity contribution in [2.24, 2.45) is 5.92 Å². The maximum atomic E-state index is 12.2. The molecule has 3 rings (SSSR count). The van der Waals surface area contributed by atoms with E-state index < -0.39 is 12.8 Å². The molecule has 1 N–H and O–H groups in total. The van der Waals surface area contributed by atoms with Crippen LogP contribution in [0.4, 0.5) is 13.2 Å². The molecule has 0 unspecified atom stereocenters. The fraction of sp³-hybridized carbons (Fsp3) is 0.765. The number of rotatable bonds is 6. The summed E-state index contributed by atoms with van der Waals surface area (Å²) in [6.07, 6.45) is 0.983. The zero-order valence-electron chi connectivity index (χ0n) is 15.1. The van der Waals surface area contributed by atoms with Crippen molar-refractivity contribution in [3.63, 3.8) is 0 Å². The van der Waals surface area contributed by atoms with E-state index in [1.807, 2.05) is 7.05 Å². The van der Waals surface area contributed by atoms with Gasteiger partial charge in [0.1, 0.15) is 6.29 Å². The molecule has 1 aromatic heterocycles. The van der Waals surface area contributed by atoms with Crippen LogP contribution < -0.4 is 10.1 Å². The van der Waals surface area contributed by atoms with E-state index in [4.69, 9.17) is 9.53 Å². The van der Waals surface area contributed by atoms with Gasteiger partial charge in [0.05, 0.1) is 5.69 Å². The number of ether oxygens (including phenoxy) is 1. The minimum atomic E-state index is -4.31. The fourth-order valence-electron chi connectivity index (χ4n) is 3.20. The Hall–Kier alpha value is -1.19. The van der Waals surface area contributed by atoms with E-state index in [1.54, 1.807) is 0 Å². The Bertz CT molecular complexity index is 574. The molecule has 0 bridgehead atoms. The molecule has 148 valence electrons. The molecule has 2 heterocycles. The molecule has 26 heavy (non-hydrogen) atoms. The zero-order chi connectivity index (χ0) is 19.2. The predicted molar refractivity (Wildman–Crippen MR) is 94.6 cm³/mol. The Morgan fingerprint density at radius 3 is 2.73 bits per heavy atom. The summed E-state index contributed by atoms with van der Waals surface area (Å²) in [4.78, 5) is 16.5. The third-order valence-corrected chi connectivity index (χ3v) is 5.71. The van der Waals surface area contributed by atoms with Gasteiger partial charge in [-0.05, 0) is 52.1 Å². The SMILES string of the molecule is CC=O.CNC1CC(CCN2CCc3sc(OCC(F)(F)F)nc3C2)C1. The first-order valence-electron chi connectivity index (χ1n) is 8.82. The van der Waals surface area contributed by atoms with Crippen LogP contribution in [-0.4, -0.2) is 55.1 Å². The molecule has 1 saturated carbocycles. The lowest BCUT2D eigenvalue weighted by Crippen LogP contribution is -2.41. The molecule has 0 amide bonds. The molecule has 0 radical (unpaired) electrons. The number of nitrogens with one attached hydrogen (secondary N) is 1. The molecular weight excluding hydrogens is 367 g/mol. The minimum Gasteiger partial charge on any atom is -0.460 e. The number of halogens is 3. The van der Waals surface area contributed by atoms with Crippen molar-refractivity contribution in [2.75, 3.05) is 26.7 Å². The van der Waals surface area contributed by atoms with Crippen molar-refractivity contribution in [2.45, 2.75) is 51.4 Å². The lowest BCUT2D eigenvalue weighted by molar-refractivity contribution is -0.153. The third kappa shape index (κ3) is 6.51. The number of fused-ring (bicyclic) bond motifs is 1. The number of alkyl halides is 3. The second kappa shape index (κ2) is 9.66. The topological polar surface area (TPSA) is 54.5 Å². The standard InChI is InChI=1S/C15H22F3N3OS.C2H4O/c1-19-11-6-10(7-11)2-4-21-5-3-13-12(8-21)20-14(23-13)22-9-15(16,17)18;1-2-3/h10-11,19H,2-9H2,1H3;2H,1H3. The molecule has 1 fully saturated rings. The highest BCUT2D eigenvalue weighted by molar-refractivity contribution is 7.13. The lowest BCUT2D eigenvalue weighted by Gasteiger charge is -2.37. The van der Waals surface area contributed by atoms with Crippen LogP contribution >= 0.6 is 11.3 Å².